The molecule has 0 saturated heterocycles. The molecule has 0 unspecified atom stereocenters. The number of aryl methyl sites for hydroxylation is 2. The Kier molecular flexibility index (Phi) is 5.95. The highest BCUT2D eigenvalue weighted by Crippen LogP contribution is 2.45. The molecule has 2 rings (SSSR count). The zero-order valence-corrected chi connectivity index (χ0v) is 14.7. The molecule has 3 heteroatoms. The van der Waals surface area contributed by atoms with E-state index < -0.39 is 0 Å². The van der Waals surface area contributed by atoms with E-state index in [4.69, 9.17) is 11.6 Å². The monoisotopic (exact) mass is 313 g/mol. The first kappa shape index (κ1) is 16.3. The number of nitrogens with one attached hydrogen (secondary N) is 1. The van der Waals surface area contributed by atoms with E-state index in [1.807, 2.05) is 0 Å². The Morgan fingerprint density at radius 3 is 2.55 bits per heavy atom. The van der Waals surface area contributed by atoms with Crippen LogP contribution in [0.1, 0.15) is 62.8 Å². The maximum Gasteiger partial charge on any atom is 0.0960 e. The molecule has 1 aromatic rings. The molecule has 0 amide bonds. The van der Waals surface area contributed by atoms with E-state index in [2.05, 4.69) is 32.2 Å². The van der Waals surface area contributed by atoms with Crippen molar-refractivity contribution in [1.29, 1.82) is 0 Å². The normalized spacial score (nSPS) is 18.1. The first-order valence-electron chi connectivity index (χ1n) is 7.99. The van der Waals surface area contributed by atoms with Gasteiger partial charge in [-0.1, -0.05) is 38.3 Å². The molecule has 1 aliphatic rings. The summed E-state index contributed by atoms with van der Waals surface area (Å²) < 4.78 is 0.974. The fourth-order valence-electron chi connectivity index (χ4n) is 3.41. The van der Waals surface area contributed by atoms with Crippen LogP contribution in [-0.4, -0.2) is 12.6 Å². The van der Waals surface area contributed by atoms with Crippen molar-refractivity contribution < 1.29 is 0 Å². The van der Waals surface area contributed by atoms with Crippen molar-refractivity contribution in [1.82, 2.24) is 5.32 Å². The summed E-state index contributed by atoms with van der Waals surface area (Å²) in [6.07, 6.45) is 9.57. The molecule has 1 nitrogen and oxygen atoms in total. The van der Waals surface area contributed by atoms with Gasteiger partial charge in [0, 0.05) is 10.9 Å². The topological polar surface area (TPSA) is 12.0 Å². The van der Waals surface area contributed by atoms with E-state index in [1.165, 1.54) is 61.9 Å². The van der Waals surface area contributed by atoms with Gasteiger partial charge in [-0.25, -0.2) is 0 Å². The molecule has 0 aliphatic heterocycles. The van der Waals surface area contributed by atoms with Gasteiger partial charge in [-0.2, -0.15) is 0 Å². The Bertz CT molecular complexity index is 399. The highest BCUT2D eigenvalue weighted by atomic mass is 35.5. The van der Waals surface area contributed by atoms with Gasteiger partial charge in [0.1, 0.15) is 0 Å². The summed E-state index contributed by atoms with van der Waals surface area (Å²) in [5.41, 5.74) is 1.83. The molecule has 0 aromatic carbocycles. The van der Waals surface area contributed by atoms with Gasteiger partial charge in [0.15, 0.2) is 0 Å². The molecule has 0 bridgehead atoms. The third kappa shape index (κ3) is 4.47. The summed E-state index contributed by atoms with van der Waals surface area (Å²) in [5, 5.41) is 3.59. The number of rotatable bonds is 7. The predicted octanol–water partition coefficient (Wildman–Crippen LogP) is 5.59. The second-order valence-electron chi connectivity index (χ2n) is 6.74. The molecule has 0 radical (unpaired) electrons. The number of hydrogen-bond acceptors (Lipinski definition) is 2. The number of halogens is 1. The van der Waals surface area contributed by atoms with Crippen LogP contribution in [0.15, 0.2) is 6.07 Å². The lowest BCUT2D eigenvalue weighted by molar-refractivity contribution is 0.243. The van der Waals surface area contributed by atoms with Crippen LogP contribution >= 0.6 is 22.9 Å². The van der Waals surface area contributed by atoms with Gasteiger partial charge in [-0.05, 0) is 62.6 Å². The van der Waals surface area contributed by atoms with E-state index >= 15 is 0 Å². The van der Waals surface area contributed by atoms with E-state index in [0.717, 1.165) is 4.34 Å². The average Bonchev–Trinajstić information content (AvgIpc) is 2.96. The lowest BCUT2D eigenvalue weighted by Crippen LogP contribution is -2.29. The SMILES string of the molecule is Cc1cc(CCC2(CCNC(C)C)CCCC2)sc1Cl. The summed E-state index contributed by atoms with van der Waals surface area (Å²) in [7, 11) is 0. The molecule has 0 atom stereocenters. The van der Waals surface area contributed by atoms with Crippen LogP contribution in [0.25, 0.3) is 0 Å². The first-order valence-corrected chi connectivity index (χ1v) is 9.18. The van der Waals surface area contributed by atoms with Crippen molar-refractivity contribution in [2.45, 2.75) is 71.8 Å². The Balaban J connectivity index is 1.88. The Morgan fingerprint density at radius 1 is 1.30 bits per heavy atom. The van der Waals surface area contributed by atoms with Crippen LogP contribution in [0.3, 0.4) is 0 Å². The minimum atomic E-state index is 0.590. The Hall–Kier alpha value is -0.0500. The van der Waals surface area contributed by atoms with Gasteiger partial charge >= 0.3 is 0 Å². The fraction of sp³-hybridized carbons (Fsp3) is 0.765. The Morgan fingerprint density at radius 2 is 2.00 bits per heavy atom. The summed E-state index contributed by atoms with van der Waals surface area (Å²) in [5.74, 6) is 0. The third-order valence-electron chi connectivity index (χ3n) is 4.68. The predicted molar refractivity (Wildman–Crippen MR) is 91.0 cm³/mol. The minimum absolute atomic E-state index is 0.590. The molecule has 0 spiro atoms. The third-order valence-corrected chi connectivity index (χ3v) is 6.30. The Labute approximate surface area is 133 Å². The van der Waals surface area contributed by atoms with Gasteiger partial charge in [0.2, 0.25) is 0 Å². The van der Waals surface area contributed by atoms with Crippen LogP contribution in [0, 0.1) is 12.3 Å². The van der Waals surface area contributed by atoms with Gasteiger partial charge in [-0.3, -0.25) is 0 Å². The molecule has 1 aliphatic carbocycles. The van der Waals surface area contributed by atoms with Crippen molar-refractivity contribution in [3.63, 3.8) is 0 Å². The number of hydrogen-bond donors (Lipinski definition) is 1. The van der Waals surface area contributed by atoms with Crippen molar-refractivity contribution in [3.8, 4) is 0 Å². The van der Waals surface area contributed by atoms with E-state index in [1.54, 1.807) is 11.3 Å². The molecule has 1 N–H and O–H groups in total. The highest BCUT2D eigenvalue weighted by Gasteiger charge is 2.32. The maximum atomic E-state index is 6.19. The van der Waals surface area contributed by atoms with Crippen molar-refractivity contribution in [2.24, 2.45) is 5.41 Å². The van der Waals surface area contributed by atoms with Crippen LogP contribution in [0.2, 0.25) is 4.34 Å². The maximum absolute atomic E-state index is 6.19. The van der Waals surface area contributed by atoms with Crippen molar-refractivity contribution in [2.75, 3.05) is 6.54 Å². The molecule has 1 fully saturated rings. The van der Waals surface area contributed by atoms with Gasteiger partial charge in [0.25, 0.3) is 0 Å². The summed E-state index contributed by atoms with van der Waals surface area (Å²) >= 11 is 7.96. The standard InChI is InChI=1S/C17H28ClNS/c1-13(2)19-11-10-17(7-4-5-8-17)9-6-15-12-14(3)16(18)20-15/h12-13,19H,4-11H2,1-3H3. The van der Waals surface area contributed by atoms with E-state index in [-0.39, 0.29) is 0 Å². The number of thiophene rings is 1. The van der Waals surface area contributed by atoms with Crippen LogP contribution in [0.4, 0.5) is 0 Å². The molecular weight excluding hydrogens is 286 g/mol. The summed E-state index contributed by atoms with van der Waals surface area (Å²) in [6, 6.07) is 2.88. The largest absolute Gasteiger partial charge is 0.315 e. The molecule has 20 heavy (non-hydrogen) atoms. The summed E-state index contributed by atoms with van der Waals surface area (Å²) in [4.78, 5) is 1.47. The quantitative estimate of drug-likeness (QED) is 0.691. The van der Waals surface area contributed by atoms with Crippen molar-refractivity contribution in [3.05, 3.63) is 20.8 Å². The second kappa shape index (κ2) is 7.29. The smallest absolute Gasteiger partial charge is 0.0960 e. The highest BCUT2D eigenvalue weighted by molar-refractivity contribution is 7.16. The molecule has 1 heterocycles. The minimum Gasteiger partial charge on any atom is -0.315 e. The fourth-order valence-corrected chi connectivity index (χ4v) is 4.65. The van der Waals surface area contributed by atoms with Gasteiger partial charge < -0.3 is 5.32 Å². The lowest BCUT2D eigenvalue weighted by Gasteiger charge is -2.29. The molecule has 1 saturated carbocycles. The van der Waals surface area contributed by atoms with Crippen LogP contribution in [0.5, 0.6) is 0 Å². The van der Waals surface area contributed by atoms with Gasteiger partial charge in [0.05, 0.1) is 4.34 Å². The lowest BCUT2D eigenvalue weighted by atomic mass is 9.78. The van der Waals surface area contributed by atoms with Crippen LogP contribution in [-0.2, 0) is 6.42 Å². The zero-order chi connectivity index (χ0) is 14.6. The van der Waals surface area contributed by atoms with E-state index in [9.17, 15) is 0 Å². The second-order valence-corrected chi connectivity index (χ2v) is 8.47. The van der Waals surface area contributed by atoms with Crippen LogP contribution < -0.4 is 5.32 Å². The molecular formula is C17H28ClNS. The van der Waals surface area contributed by atoms with Gasteiger partial charge in [-0.15, -0.1) is 11.3 Å². The first-order chi connectivity index (χ1) is 9.51. The van der Waals surface area contributed by atoms with Crippen molar-refractivity contribution >= 4 is 22.9 Å². The zero-order valence-electron chi connectivity index (χ0n) is 13.1. The average molecular weight is 314 g/mol. The molecule has 1 aromatic heterocycles. The molecule has 114 valence electrons. The van der Waals surface area contributed by atoms with E-state index in [0.29, 0.717) is 11.5 Å². The summed E-state index contributed by atoms with van der Waals surface area (Å²) in [6.45, 7) is 7.75.